The second kappa shape index (κ2) is 14.4. The van der Waals surface area contributed by atoms with Crippen LogP contribution in [0.15, 0.2) is 23.8 Å². The highest BCUT2D eigenvalue weighted by Crippen LogP contribution is 2.50. The minimum atomic E-state index is -0.340. The third-order valence-corrected chi connectivity index (χ3v) is 6.01. The van der Waals surface area contributed by atoms with Gasteiger partial charge in [-0.05, 0) is 64.5 Å². The number of aliphatic hydroxyl groups is 2. The van der Waals surface area contributed by atoms with Crippen molar-refractivity contribution in [2.45, 2.75) is 96.7 Å². The summed E-state index contributed by atoms with van der Waals surface area (Å²) in [5.74, 6) is 1.50. The second-order valence-corrected chi connectivity index (χ2v) is 8.52. The van der Waals surface area contributed by atoms with Gasteiger partial charge >= 0.3 is 0 Å². The summed E-state index contributed by atoms with van der Waals surface area (Å²) in [7, 11) is 3.75. The summed E-state index contributed by atoms with van der Waals surface area (Å²) in [5.41, 5.74) is 1.62. The van der Waals surface area contributed by atoms with Gasteiger partial charge in [0.15, 0.2) is 0 Å². The van der Waals surface area contributed by atoms with Gasteiger partial charge in [-0.15, -0.1) is 0 Å². The highest BCUT2D eigenvalue weighted by atomic mass is 16.3. The number of rotatable bonds is 10. The summed E-state index contributed by atoms with van der Waals surface area (Å²) in [6.07, 6.45) is 18.8. The highest BCUT2D eigenvalue weighted by Gasteiger charge is 2.44. The van der Waals surface area contributed by atoms with E-state index in [9.17, 15) is 10.2 Å². The van der Waals surface area contributed by atoms with Crippen LogP contribution in [-0.2, 0) is 0 Å². The van der Waals surface area contributed by atoms with Crippen molar-refractivity contribution in [3.63, 3.8) is 0 Å². The molecule has 0 spiro atoms. The lowest BCUT2D eigenvalue weighted by Crippen LogP contribution is -2.17. The van der Waals surface area contributed by atoms with Crippen LogP contribution in [0, 0.1) is 17.8 Å². The van der Waals surface area contributed by atoms with Crippen LogP contribution in [-0.4, -0.2) is 36.5 Å². The fourth-order valence-electron chi connectivity index (χ4n) is 4.60. The fraction of sp³-hybridized carbons (Fsp3) is 0.833. The molecule has 0 aromatic carbocycles. The monoisotopic (exact) mass is 379 g/mol. The largest absolute Gasteiger partial charge is 0.392 e. The molecule has 2 aliphatic carbocycles. The van der Waals surface area contributed by atoms with Gasteiger partial charge in [-0.25, -0.2) is 0 Å². The van der Waals surface area contributed by atoms with Gasteiger partial charge in [0.2, 0.25) is 0 Å². The van der Waals surface area contributed by atoms with Gasteiger partial charge in [0.05, 0.1) is 12.2 Å². The maximum absolute atomic E-state index is 10.4. The van der Waals surface area contributed by atoms with Crippen LogP contribution < -0.4 is 5.32 Å². The summed E-state index contributed by atoms with van der Waals surface area (Å²) >= 11 is 0. The summed E-state index contributed by atoms with van der Waals surface area (Å²) < 4.78 is 0. The van der Waals surface area contributed by atoms with Gasteiger partial charge in [-0.1, -0.05) is 69.8 Å². The Morgan fingerprint density at radius 1 is 1.07 bits per heavy atom. The Labute approximate surface area is 168 Å². The minimum absolute atomic E-state index is 0.208. The van der Waals surface area contributed by atoms with E-state index in [-0.39, 0.29) is 18.1 Å². The molecule has 3 N–H and O–H groups in total. The van der Waals surface area contributed by atoms with Crippen molar-refractivity contribution < 1.29 is 10.2 Å². The number of hydrogen-bond acceptors (Lipinski definition) is 3. The summed E-state index contributed by atoms with van der Waals surface area (Å²) in [4.78, 5) is 0. The van der Waals surface area contributed by atoms with Gasteiger partial charge in [0.25, 0.3) is 0 Å². The molecule has 158 valence electrons. The quantitative estimate of drug-likeness (QED) is 0.360. The Hall–Kier alpha value is -0.640. The lowest BCUT2D eigenvalue weighted by molar-refractivity contribution is 0.139. The summed E-state index contributed by atoms with van der Waals surface area (Å²) in [6.45, 7) is 4.44. The molecule has 0 aromatic rings. The molecule has 0 bridgehead atoms. The van der Waals surface area contributed by atoms with Crippen LogP contribution in [0.4, 0.5) is 0 Å². The van der Waals surface area contributed by atoms with E-state index in [2.05, 4.69) is 31.3 Å². The zero-order valence-corrected chi connectivity index (χ0v) is 18.3. The Bertz CT molecular complexity index is 432. The van der Waals surface area contributed by atoms with E-state index < -0.39 is 0 Å². The first kappa shape index (κ1) is 24.4. The normalized spacial score (nSPS) is 29.8. The molecule has 0 aliphatic heterocycles. The average molecular weight is 380 g/mol. The molecule has 0 aromatic heterocycles. The number of nitrogens with one attached hydrogen (secondary N) is 1. The molecule has 2 fully saturated rings. The van der Waals surface area contributed by atoms with Gasteiger partial charge in [-0.2, -0.15) is 0 Å². The predicted octanol–water partition coefficient (Wildman–Crippen LogP) is 5.23. The smallest absolute Gasteiger partial charge is 0.0721 e. The van der Waals surface area contributed by atoms with Crippen molar-refractivity contribution >= 4 is 0 Å². The van der Waals surface area contributed by atoms with Crippen LogP contribution in [0.1, 0.15) is 84.5 Å². The second-order valence-electron chi connectivity index (χ2n) is 8.52. The van der Waals surface area contributed by atoms with Crippen molar-refractivity contribution in [1.82, 2.24) is 5.32 Å². The zero-order valence-electron chi connectivity index (χ0n) is 18.3. The molecule has 0 saturated heterocycles. The molecule has 3 heteroatoms. The predicted molar refractivity (Wildman–Crippen MR) is 117 cm³/mol. The van der Waals surface area contributed by atoms with Crippen LogP contribution in [0.5, 0.6) is 0 Å². The van der Waals surface area contributed by atoms with Crippen molar-refractivity contribution in [3.05, 3.63) is 23.8 Å². The molecule has 27 heavy (non-hydrogen) atoms. The Morgan fingerprint density at radius 2 is 1.74 bits per heavy atom. The Kier molecular flexibility index (Phi) is 13.0. The molecule has 2 saturated carbocycles. The third-order valence-electron chi connectivity index (χ3n) is 6.01. The fourth-order valence-corrected chi connectivity index (χ4v) is 4.60. The van der Waals surface area contributed by atoms with Crippen molar-refractivity contribution in [1.29, 1.82) is 0 Å². The first-order valence-corrected chi connectivity index (χ1v) is 11.4. The molecule has 0 heterocycles. The standard InChI is InChI=1S/C22H38O2.C2H7N/c1-3-5-7-9-10-17-14-18-16-22(24)20(21(18)15-17)13-12-19(23)11-8-6-4-2;1-3-2/h10,12-13,18-24H,3-9,11,14-16H2,1-2H3;3H,1-2H3/t18-,19-,20+,21-,22+;/m0./s1. The van der Waals surface area contributed by atoms with Gasteiger partial charge in [0.1, 0.15) is 0 Å². The molecular formula is C24H45NO2. The molecule has 2 aliphatic rings. The molecule has 5 atom stereocenters. The van der Waals surface area contributed by atoms with E-state index in [0.29, 0.717) is 11.8 Å². The van der Waals surface area contributed by atoms with Gasteiger partial charge in [0, 0.05) is 5.92 Å². The molecule has 0 amide bonds. The van der Waals surface area contributed by atoms with Gasteiger partial charge in [-0.3, -0.25) is 0 Å². The van der Waals surface area contributed by atoms with E-state index in [1.165, 1.54) is 44.9 Å². The average Bonchev–Trinajstić information content (AvgIpc) is 3.14. The number of allylic oxidation sites excluding steroid dienone is 2. The van der Waals surface area contributed by atoms with Crippen LogP contribution in [0.2, 0.25) is 0 Å². The maximum Gasteiger partial charge on any atom is 0.0721 e. The number of fused-ring (bicyclic) bond motifs is 1. The third kappa shape index (κ3) is 8.93. The Morgan fingerprint density at radius 3 is 2.41 bits per heavy atom. The summed E-state index contributed by atoms with van der Waals surface area (Å²) in [5, 5.41) is 23.3. The van der Waals surface area contributed by atoms with Gasteiger partial charge < -0.3 is 15.5 Å². The minimum Gasteiger partial charge on any atom is -0.392 e. The topological polar surface area (TPSA) is 52.5 Å². The van der Waals surface area contributed by atoms with Crippen molar-refractivity contribution in [2.24, 2.45) is 17.8 Å². The molecular weight excluding hydrogens is 334 g/mol. The first-order valence-electron chi connectivity index (χ1n) is 11.4. The van der Waals surface area contributed by atoms with E-state index in [0.717, 1.165) is 25.7 Å². The van der Waals surface area contributed by atoms with Crippen molar-refractivity contribution in [2.75, 3.05) is 14.1 Å². The number of hydrogen-bond donors (Lipinski definition) is 3. The first-order chi connectivity index (χ1) is 13.1. The van der Waals surface area contributed by atoms with Crippen molar-refractivity contribution in [3.8, 4) is 0 Å². The van der Waals surface area contributed by atoms with Crippen LogP contribution in [0.25, 0.3) is 0 Å². The van der Waals surface area contributed by atoms with E-state index in [1.807, 2.05) is 20.2 Å². The van der Waals surface area contributed by atoms with E-state index >= 15 is 0 Å². The summed E-state index contributed by atoms with van der Waals surface area (Å²) in [6, 6.07) is 0. The molecule has 0 radical (unpaired) electrons. The molecule has 3 nitrogen and oxygen atoms in total. The lowest BCUT2D eigenvalue weighted by atomic mass is 9.90. The molecule has 2 rings (SSSR count). The lowest BCUT2D eigenvalue weighted by Gasteiger charge is -2.17. The number of aliphatic hydroxyl groups excluding tert-OH is 2. The zero-order chi connectivity index (χ0) is 20.1. The van der Waals surface area contributed by atoms with Crippen LogP contribution >= 0.6 is 0 Å². The molecule has 0 unspecified atom stereocenters. The maximum atomic E-state index is 10.4. The van der Waals surface area contributed by atoms with E-state index in [1.54, 1.807) is 5.57 Å². The SMILES string of the molecule is CCCCCC=C1C[C@H]2C[C@@H](O)[C@H](C=C[C@@H](O)CCCCC)[C@H]2C1.CNC. The van der Waals surface area contributed by atoms with Crippen LogP contribution in [0.3, 0.4) is 0 Å². The number of unbranched alkanes of at least 4 members (excludes halogenated alkanes) is 5. The highest BCUT2D eigenvalue weighted by molar-refractivity contribution is 5.17. The van der Waals surface area contributed by atoms with E-state index in [4.69, 9.17) is 0 Å². The Balaban J connectivity index is 0.00000114.